The molecule has 0 bridgehead atoms. The highest BCUT2D eigenvalue weighted by Crippen LogP contribution is 2.18. The van der Waals surface area contributed by atoms with Gasteiger partial charge in [0.15, 0.2) is 12.6 Å². The lowest BCUT2D eigenvalue weighted by Gasteiger charge is -2.20. The number of ether oxygens (including phenoxy) is 2. The van der Waals surface area contributed by atoms with Crippen molar-refractivity contribution in [2.45, 2.75) is 65.5 Å². The van der Waals surface area contributed by atoms with Gasteiger partial charge in [-0.1, -0.05) is 26.0 Å². The summed E-state index contributed by atoms with van der Waals surface area (Å²) >= 11 is 0. The predicted octanol–water partition coefficient (Wildman–Crippen LogP) is 3.51. The number of halogens is 1. The lowest BCUT2D eigenvalue weighted by Crippen LogP contribution is -2.38. The van der Waals surface area contributed by atoms with Crippen molar-refractivity contribution in [1.82, 2.24) is 16.0 Å². The molecule has 1 amide bonds. The fraction of sp³-hybridized carbons (Fsp3) is 0.667. The van der Waals surface area contributed by atoms with E-state index in [1.807, 2.05) is 31.2 Å². The summed E-state index contributed by atoms with van der Waals surface area (Å²) in [5.74, 6) is 1.99. The van der Waals surface area contributed by atoms with E-state index in [-0.39, 0.29) is 42.6 Å². The lowest BCUT2D eigenvalue weighted by atomic mass is 10.0. The van der Waals surface area contributed by atoms with Crippen LogP contribution >= 0.6 is 24.0 Å². The summed E-state index contributed by atoms with van der Waals surface area (Å²) in [5.41, 5.74) is 1.20. The Balaban J connectivity index is 0.00000512. The molecule has 3 N–H and O–H groups in total. The van der Waals surface area contributed by atoms with Gasteiger partial charge in [-0.25, -0.2) is 0 Å². The molecular formula is C24H41IN4O3. The van der Waals surface area contributed by atoms with Crippen molar-refractivity contribution in [2.75, 3.05) is 32.8 Å². The summed E-state index contributed by atoms with van der Waals surface area (Å²) in [5, 5.41) is 9.62. The van der Waals surface area contributed by atoms with Gasteiger partial charge in [0.1, 0.15) is 5.75 Å². The average molecular weight is 561 g/mol. The number of guanidine groups is 1. The Kier molecular flexibility index (Phi) is 14.4. The molecular weight excluding hydrogens is 519 g/mol. The Morgan fingerprint density at radius 1 is 1.16 bits per heavy atom. The number of nitrogens with zero attached hydrogens (tertiary/aromatic N) is 1. The summed E-state index contributed by atoms with van der Waals surface area (Å²) in [6.07, 6.45) is 4.21. The quantitative estimate of drug-likeness (QED) is 0.184. The lowest BCUT2D eigenvalue weighted by molar-refractivity contribution is -0.123. The van der Waals surface area contributed by atoms with E-state index in [1.54, 1.807) is 0 Å². The number of carbonyl (C=O) groups excluding carboxylic acids is 1. The first-order valence-electron chi connectivity index (χ1n) is 11.7. The van der Waals surface area contributed by atoms with E-state index in [4.69, 9.17) is 9.47 Å². The second-order valence-electron chi connectivity index (χ2n) is 8.24. The minimum absolute atomic E-state index is 0. The molecule has 182 valence electrons. The van der Waals surface area contributed by atoms with Crippen molar-refractivity contribution >= 4 is 35.8 Å². The van der Waals surface area contributed by atoms with Gasteiger partial charge in [0.2, 0.25) is 0 Å². The standard InChI is InChI=1S/C24H40N4O3.HI/c1-5-25-24(27-16-14-22(18(3)4)30-6-2)26-15-13-19-7-11-21(12-8-19)31-17-23(29)28-20-9-10-20;/h7-8,11-12,18,20,22H,5-6,9-10,13-17H2,1-4H3,(H,28,29)(H2,25,26,27);1H. The number of amides is 1. The zero-order valence-electron chi connectivity index (χ0n) is 20.0. The summed E-state index contributed by atoms with van der Waals surface area (Å²) in [6.45, 7) is 11.6. The van der Waals surface area contributed by atoms with Crippen LogP contribution in [0, 0.1) is 5.92 Å². The molecule has 0 radical (unpaired) electrons. The van der Waals surface area contributed by atoms with Gasteiger partial charge in [-0.3, -0.25) is 9.79 Å². The maximum absolute atomic E-state index is 11.7. The average Bonchev–Trinajstić information content (AvgIpc) is 3.56. The van der Waals surface area contributed by atoms with Crippen molar-refractivity contribution < 1.29 is 14.3 Å². The summed E-state index contributed by atoms with van der Waals surface area (Å²) < 4.78 is 11.4. The summed E-state index contributed by atoms with van der Waals surface area (Å²) in [4.78, 5) is 16.4. The Morgan fingerprint density at radius 2 is 1.88 bits per heavy atom. The third-order valence-corrected chi connectivity index (χ3v) is 5.09. The Bertz CT molecular complexity index is 678. The molecule has 1 aliphatic carbocycles. The maximum Gasteiger partial charge on any atom is 0.258 e. The third kappa shape index (κ3) is 11.9. The van der Waals surface area contributed by atoms with Gasteiger partial charge < -0.3 is 25.4 Å². The van der Waals surface area contributed by atoms with Crippen molar-refractivity contribution in [1.29, 1.82) is 0 Å². The third-order valence-electron chi connectivity index (χ3n) is 5.09. The number of nitrogens with one attached hydrogen (secondary N) is 3. The van der Waals surface area contributed by atoms with Gasteiger partial charge in [0.25, 0.3) is 5.91 Å². The van der Waals surface area contributed by atoms with E-state index in [0.29, 0.717) is 17.7 Å². The first kappa shape index (κ1) is 28.5. The zero-order chi connectivity index (χ0) is 22.5. The van der Waals surface area contributed by atoms with Crippen LogP contribution in [0.1, 0.15) is 52.5 Å². The highest BCUT2D eigenvalue weighted by molar-refractivity contribution is 14.0. The molecule has 2 rings (SSSR count). The fourth-order valence-corrected chi connectivity index (χ4v) is 3.19. The summed E-state index contributed by atoms with van der Waals surface area (Å²) in [6, 6.07) is 8.27. The number of hydrogen-bond acceptors (Lipinski definition) is 4. The van der Waals surface area contributed by atoms with Gasteiger partial charge in [-0.15, -0.1) is 24.0 Å². The van der Waals surface area contributed by atoms with Crippen LogP contribution in [0.2, 0.25) is 0 Å². The van der Waals surface area contributed by atoms with Crippen LogP contribution in [0.3, 0.4) is 0 Å². The Hall–Kier alpha value is -1.55. The number of rotatable bonds is 14. The molecule has 0 heterocycles. The molecule has 1 aromatic carbocycles. The van der Waals surface area contributed by atoms with Crippen LogP contribution in [-0.2, 0) is 16.0 Å². The van der Waals surface area contributed by atoms with Crippen LogP contribution in [0.4, 0.5) is 0 Å². The number of carbonyl (C=O) groups is 1. The van der Waals surface area contributed by atoms with Crippen molar-refractivity contribution in [3.8, 4) is 5.75 Å². The van der Waals surface area contributed by atoms with Gasteiger partial charge in [0.05, 0.1) is 6.10 Å². The van der Waals surface area contributed by atoms with Gasteiger partial charge in [0, 0.05) is 32.3 Å². The molecule has 32 heavy (non-hydrogen) atoms. The SMILES string of the molecule is CCNC(=NCCC(OCC)C(C)C)NCCc1ccc(OCC(=O)NC2CC2)cc1.I. The molecule has 0 spiro atoms. The van der Waals surface area contributed by atoms with Crippen LogP contribution in [-0.4, -0.2) is 56.9 Å². The van der Waals surface area contributed by atoms with Crippen molar-refractivity contribution in [3.05, 3.63) is 29.8 Å². The van der Waals surface area contributed by atoms with Crippen LogP contribution in [0.5, 0.6) is 5.75 Å². The topological polar surface area (TPSA) is 84.0 Å². The molecule has 1 saturated carbocycles. The molecule has 1 fully saturated rings. The smallest absolute Gasteiger partial charge is 0.258 e. The highest BCUT2D eigenvalue weighted by Gasteiger charge is 2.23. The number of benzene rings is 1. The van der Waals surface area contributed by atoms with E-state index in [2.05, 4.69) is 41.7 Å². The molecule has 7 nitrogen and oxygen atoms in total. The normalized spacial score (nSPS) is 14.5. The van der Waals surface area contributed by atoms with Crippen LogP contribution in [0.15, 0.2) is 29.3 Å². The molecule has 0 aromatic heterocycles. The first-order valence-corrected chi connectivity index (χ1v) is 11.7. The van der Waals surface area contributed by atoms with Gasteiger partial charge >= 0.3 is 0 Å². The number of hydrogen-bond donors (Lipinski definition) is 3. The first-order chi connectivity index (χ1) is 15.0. The van der Waals surface area contributed by atoms with Crippen LogP contribution < -0.4 is 20.7 Å². The Labute approximate surface area is 210 Å². The van der Waals surface area contributed by atoms with E-state index in [0.717, 1.165) is 57.9 Å². The van der Waals surface area contributed by atoms with Crippen molar-refractivity contribution in [3.63, 3.8) is 0 Å². The Morgan fingerprint density at radius 3 is 2.47 bits per heavy atom. The molecule has 1 atom stereocenters. The van der Waals surface area contributed by atoms with Gasteiger partial charge in [-0.05, 0) is 63.1 Å². The minimum Gasteiger partial charge on any atom is -0.484 e. The molecule has 1 unspecified atom stereocenters. The van der Waals surface area contributed by atoms with E-state index >= 15 is 0 Å². The van der Waals surface area contributed by atoms with E-state index in [9.17, 15) is 4.79 Å². The number of aliphatic imine (C=N–C) groups is 1. The zero-order valence-corrected chi connectivity index (χ0v) is 22.3. The largest absolute Gasteiger partial charge is 0.484 e. The highest BCUT2D eigenvalue weighted by atomic mass is 127. The van der Waals surface area contributed by atoms with E-state index < -0.39 is 0 Å². The van der Waals surface area contributed by atoms with E-state index in [1.165, 1.54) is 5.56 Å². The predicted molar refractivity (Wildman–Crippen MR) is 141 cm³/mol. The second kappa shape index (κ2) is 16.1. The molecule has 0 aliphatic heterocycles. The minimum atomic E-state index is -0.0491. The fourth-order valence-electron chi connectivity index (χ4n) is 3.19. The second-order valence-corrected chi connectivity index (χ2v) is 8.24. The summed E-state index contributed by atoms with van der Waals surface area (Å²) in [7, 11) is 0. The maximum atomic E-state index is 11.7. The molecule has 1 aromatic rings. The molecule has 1 aliphatic rings. The van der Waals surface area contributed by atoms with Crippen molar-refractivity contribution in [2.24, 2.45) is 10.9 Å². The monoisotopic (exact) mass is 560 g/mol. The van der Waals surface area contributed by atoms with Gasteiger partial charge in [-0.2, -0.15) is 0 Å². The van der Waals surface area contributed by atoms with Crippen LogP contribution in [0.25, 0.3) is 0 Å². The molecule has 8 heteroatoms. The molecule has 0 saturated heterocycles.